The van der Waals surface area contributed by atoms with Gasteiger partial charge in [0.1, 0.15) is 29.8 Å². The van der Waals surface area contributed by atoms with Gasteiger partial charge in [0.2, 0.25) is 5.91 Å². The van der Waals surface area contributed by atoms with Gasteiger partial charge in [-0.15, -0.1) is 11.3 Å². The fourth-order valence-electron chi connectivity index (χ4n) is 5.55. The van der Waals surface area contributed by atoms with Crippen LogP contribution in [0.2, 0.25) is 0 Å². The molecule has 6 rings (SSSR count). The number of fused-ring (bicyclic) bond motifs is 6. The fraction of sp³-hybridized carbons (Fsp3) is 0.333. The Morgan fingerprint density at radius 1 is 1.10 bits per heavy atom. The molecule has 2 aliphatic heterocycles. The molecule has 3 N–H and O–H groups in total. The zero-order valence-electron chi connectivity index (χ0n) is 23.3. The molecule has 0 aliphatic carbocycles. The van der Waals surface area contributed by atoms with E-state index < -0.39 is 24.2 Å². The molecule has 3 unspecified atom stereocenters. The summed E-state index contributed by atoms with van der Waals surface area (Å²) in [6.07, 6.45) is -0.185. The SMILES string of the molecule is CN1CCC(NC(=O)Nc2ccc3ccccc3c2)C(=O)N2CC(O)CC2COc2ccsc2-c2cc(n(C)n2)C1=O. The summed E-state index contributed by atoms with van der Waals surface area (Å²) in [5.74, 6) is 0.00212. The normalized spacial score (nSPS) is 21.3. The van der Waals surface area contributed by atoms with E-state index in [0.717, 1.165) is 15.6 Å². The van der Waals surface area contributed by atoms with E-state index in [1.54, 1.807) is 31.1 Å². The number of urea groups is 1. The molecule has 218 valence electrons. The summed E-state index contributed by atoms with van der Waals surface area (Å²) in [4.78, 5) is 44.3. The van der Waals surface area contributed by atoms with Crippen molar-refractivity contribution in [3.05, 3.63) is 65.7 Å². The zero-order valence-corrected chi connectivity index (χ0v) is 24.1. The van der Waals surface area contributed by atoms with E-state index in [1.165, 1.54) is 20.9 Å². The smallest absolute Gasteiger partial charge is 0.319 e. The van der Waals surface area contributed by atoms with Crippen LogP contribution in [0.3, 0.4) is 0 Å². The topological polar surface area (TPSA) is 129 Å². The summed E-state index contributed by atoms with van der Waals surface area (Å²) in [7, 11) is 3.37. The lowest BCUT2D eigenvalue weighted by atomic mass is 10.1. The average molecular weight is 589 g/mol. The number of nitrogens with one attached hydrogen (secondary N) is 2. The van der Waals surface area contributed by atoms with Gasteiger partial charge in [-0.05, 0) is 53.3 Å². The van der Waals surface area contributed by atoms with E-state index in [1.807, 2.05) is 47.8 Å². The number of hydrogen-bond donors (Lipinski definition) is 3. The van der Waals surface area contributed by atoms with Crippen LogP contribution in [-0.2, 0) is 11.8 Å². The molecule has 0 spiro atoms. The highest BCUT2D eigenvalue weighted by atomic mass is 32.1. The van der Waals surface area contributed by atoms with Gasteiger partial charge >= 0.3 is 6.03 Å². The third kappa shape index (κ3) is 5.55. The van der Waals surface area contributed by atoms with Gasteiger partial charge in [0, 0.05) is 32.9 Å². The van der Waals surface area contributed by atoms with E-state index in [4.69, 9.17) is 4.74 Å². The van der Waals surface area contributed by atoms with Gasteiger partial charge in [-0.3, -0.25) is 14.3 Å². The number of aliphatic hydroxyl groups excluding tert-OH is 1. The highest BCUT2D eigenvalue weighted by Crippen LogP contribution is 2.36. The Hall–Kier alpha value is -4.42. The molecule has 4 heterocycles. The molecule has 1 saturated heterocycles. The van der Waals surface area contributed by atoms with Crippen molar-refractivity contribution in [2.24, 2.45) is 7.05 Å². The van der Waals surface area contributed by atoms with Crippen LogP contribution < -0.4 is 15.4 Å². The molecule has 11 nitrogen and oxygen atoms in total. The molecular formula is C30H32N6O5S. The lowest BCUT2D eigenvalue weighted by Crippen LogP contribution is -2.53. The molecule has 0 saturated carbocycles. The van der Waals surface area contributed by atoms with Crippen molar-refractivity contribution in [1.82, 2.24) is 24.9 Å². The first-order chi connectivity index (χ1) is 20.3. The van der Waals surface area contributed by atoms with Gasteiger partial charge in [-0.2, -0.15) is 5.10 Å². The van der Waals surface area contributed by atoms with Gasteiger partial charge < -0.3 is 30.3 Å². The summed E-state index contributed by atoms with van der Waals surface area (Å²) in [6, 6.07) is 15.1. The first-order valence-corrected chi connectivity index (χ1v) is 14.7. The maximum atomic E-state index is 13.9. The van der Waals surface area contributed by atoms with E-state index in [0.29, 0.717) is 29.2 Å². The quantitative estimate of drug-likeness (QED) is 0.330. The predicted molar refractivity (Wildman–Crippen MR) is 160 cm³/mol. The number of ether oxygens (including phenoxy) is 1. The standard InChI is InChI=1S/C30H32N6O5S/c1-34-11-9-23(32-30(40)31-20-8-7-18-5-3-4-6-19(18)13-20)28(38)36-16-22(37)14-21(36)17-41-26-10-12-42-27(26)24-15-25(29(34)39)35(2)33-24/h3-8,10,12-13,15,21-23,37H,9,11,14,16-17H2,1-2H3,(H2,31,32,40). The zero-order chi connectivity index (χ0) is 29.4. The van der Waals surface area contributed by atoms with Crippen molar-refractivity contribution < 1.29 is 24.2 Å². The second-order valence-corrected chi connectivity index (χ2v) is 11.6. The lowest BCUT2D eigenvalue weighted by Gasteiger charge is -2.30. The number of nitrogens with zero attached hydrogens (tertiary/aromatic N) is 4. The van der Waals surface area contributed by atoms with E-state index in [-0.39, 0.29) is 37.9 Å². The van der Waals surface area contributed by atoms with Crippen LogP contribution in [-0.4, -0.2) is 87.5 Å². The van der Waals surface area contributed by atoms with Crippen molar-refractivity contribution in [3.8, 4) is 16.3 Å². The Bertz CT molecular complexity index is 1650. The van der Waals surface area contributed by atoms with Crippen LogP contribution in [0.4, 0.5) is 10.5 Å². The number of rotatable bonds is 2. The number of aryl methyl sites for hydroxylation is 1. The summed E-state index contributed by atoms with van der Waals surface area (Å²) in [6.45, 7) is 0.501. The predicted octanol–water partition coefficient (Wildman–Crippen LogP) is 3.31. The minimum atomic E-state index is -0.947. The Labute approximate surface area is 246 Å². The molecule has 3 atom stereocenters. The highest BCUT2D eigenvalue weighted by molar-refractivity contribution is 7.14. The number of anilines is 1. The van der Waals surface area contributed by atoms with Crippen LogP contribution >= 0.6 is 11.3 Å². The molecule has 0 radical (unpaired) electrons. The minimum Gasteiger partial charge on any atom is -0.490 e. The molecule has 2 aliphatic rings. The molecular weight excluding hydrogens is 556 g/mol. The van der Waals surface area contributed by atoms with Gasteiger partial charge in [-0.25, -0.2) is 4.79 Å². The highest BCUT2D eigenvalue weighted by Gasteiger charge is 2.39. The molecule has 1 fully saturated rings. The van der Waals surface area contributed by atoms with Crippen LogP contribution in [0.25, 0.3) is 21.3 Å². The number of hydrogen-bond acceptors (Lipinski definition) is 7. The number of benzene rings is 2. The van der Waals surface area contributed by atoms with Gasteiger partial charge in [0.05, 0.1) is 17.0 Å². The Morgan fingerprint density at radius 3 is 2.74 bits per heavy atom. The maximum absolute atomic E-state index is 13.9. The van der Waals surface area contributed by atoms with E-state index in [9.17, 15) is 19.5 Å². The van der Waals surface area contributed by atoms with Crippen molar-refractivity contribution in [2.45, 2.75) is 31.0 Å². The number of carbonyl (C=O) groups is 3. The van der Waals surface area contributed by atoms with Gasteiger partial charge in [0.15, 0.2) is 0 Å². The molecule has 12 heteroatoms. The summed E-state index contributed by atoms with van der Waals surface area (Å²) in [5.41, 5.74) is 1.61. The Balaban J connectivity index is 1.27. The van der Waals surface area contributed by atoms with Crippen LogP contribution in [0.1, 0.15) is 23.3 Å². The van der Waals surface area contributed by atoms with E-state index >= 15 is 0 Å². The fourth-order valence-corrected chi connectivity index (χ4v) is 6.34. The Kier molecular flexibility index (Phi) is 7.56. The third-order valence-electron chi connectivity index (χ3n) is 7.78. The number of carbonyl (C=O) groups excluding carboxylic acids is 3. The molecule has 2 aromatic heterocycles. The van der Waals surface area contributed by atoms with Crippen LogP contribution in [0.15, 0.2) is 60.0 Å². The monoisotopic (exact) mass is 588 g/mol. The lowest BCUT2D eigenvalue weighted by molar-refractivity contribution is -0.135. The number of aliphatic hydroxyl groups is 1. The molecule has 4 amide bonds. The van der Waals surface area contributed by atoms with Crippen molar-refractivity contribution in [3.63, 3.8) is 0 Å². The second kappa shape index (κ2) is 11.5. The largest absolute Gasteiger partial charge is 0.490 e. The second-order valence-electron chi connectivity index (χ2n) is 10.7. The number of amides is 4. The van der Waals surface area contributed by atoms with Crippen molar-refractivity contribution in [2.75, 3.05) is 32.1 Å². The maximum Gasteiger partial charge on any atom is 0.319 e. The van der Waals surface area contributed by atoms with Crippen molar-refractivity contribution >= 4 is 45.6 Å². The molecule has 2 bridgehead atoms. The molecule has 2 aromatic carbocycles. The van der Waals surface area contributed by atoms with Gasteiger partial charge in [-0.1, -0.05) is 30.3 Å². The average Bonchev–Trinajstić information content (AvgIpc) is 3.70. The first kappa shape index (κ1) is 27.7. The number of thiophene rings is 1. The first-order valence-electron chi connectivity index (χ1n) is 13.8. The van der Waals surface area contributed by atoms with E-state index in [2.05, 4.69) is 15.7 Å². The van der Waals surface area contributed by atoms with Crippen molar-refractivity contribution in [1.29, 1.82) is 0 Å². The van der Waals surface area contributed by atoms with Gasteiger partial charge in [0.25, 0.3) is 5.91 Å². The summed E-state index contributed by atoms with van der Waals surface area (Å²) < 4.78 is 7.70. The minimum absolute atomic E-state index is 0.131. The molecule has 42 heavy (non-hydrogen) atoms. The summed E-state index contributed by atoms with van der Waals surface area (Å²) >= 11 is 1.45. The molecule has 4 aromatic rings. The van der Waals surface area contributed by atoms with Crippen LogP contribution in [0.5, 0.6) is 5.75 Å². The van der Waals surface area contributed by atoms with Crippen LogP contribution in [0, 0.1) is 0 Å². The summed E-state index contributed by atoms with van der Waals surface area (Å²) in [5, 5.41) is 24.6. The third-order valence-corrected chi connectivity index (χ3v) is 8.70. The Morgan fingerprint density at radius 2 is 1.90 bits per heavy atom. The number of aromatic nitrogens is 2.